The van der Waals surface area contributed by atoms with Crippen molar-refractivity contribution in [2.24, 2.45) is 0 Å². The van der Waals surface area contributed by atoms with Gasteiger partial charge in [-0.05, 0) is 0 Å². The SMILES string of the molecule is [Ti+3].[c-]1ccccc1.c1cc[cH-]c1.c1cc[cH-]c1. The van der Waals surface area contributed by atoms with Crippen LogP contribution in [-0.2, 0) is 21.7 Å². The van der Waals surface area contributed by atoms with Crippen molar-refractivity contribution in [2.75, 3.05) is 0 Å². The molecule has 3 aromatic rings. The van der Waals surface area contributed by atoms with E-state index in [4.69, 9.17) is 0 Å². The molecule has 83 valence electrons. The molecule has 0 aliphatic carbocycles. The van der Waals surface area contributed by atoms with Crippen LogP contribution in [0.2, 0.25) is 0 Å². The molecule has 0 nitrogen and oxygen atoms in total. The Hall–Kier alpha value is -1.37. The molecular weight excluding hydrogens is 240 g/mol. The zero-order valence-electron chi connectivity index (χ0n) is 9.66. The van der Waals surface area contributed by atoms with Gasteiger partial charge in [-0.2, -0.15) is 72.8 Å². The second-order valence-electron chi connectivity index (χ2n) is 3.00. The minimum Gasteiger partial charge on any atom is -0.214 e. The third kappa shape index (κ3) is 10.9. The van der Waals surface area contributed by atoms with Crippen molar-refractivity contribution in [3.63, 3.8) is 0 Å². The van der Waals surface area contributed by atoms with Crippen molar-refractivity contribution >= 4 is 0 Å². The first-order chi connectivity index (χ1) is 8.00. The second-order valence-corrected chi connectivity index (χ2v) is 3.00. The summed E-state index contributed by atoms with van der Waals surface area (Å²) in [5.74, 6) is 0. The van der Waals surface area contributed by atoms with E-state index in [-0.39, 0.29) is 21.7 Å². The maximum absolute atomic E-state index is 2.89. The van der Waals surface area contributed by atoms with Crippen molar-refractivity contribution < 1.29 is 21.7 Å². The first kappa shape index (κ1) is 15.6. The molecule has 0 saturated heterocycles. The molecule has 0 N–H and O–H groups in total. The van der Waals surface area contributed by atoms with Gasteiger partial charge in [0.15, 0.2) is 0 Å². The van der Waals surface area contributed by atoms with Crippen LogP contribution in [0.1, 0.15) is 0 Å². The summed E-state index contributed by atoms with van der Waals surface area (Å²) >= 11 is 0. The molecule has 0 bridgehead atoms. The third-order valence-corrected chi connectivity index (χ3v) is 1.72. The summed E-state index contributed by atoms with van der Waals surface area (Å²) in [6.07, 6.45) is 0. The van der Waals surface area contributed by atoms with E-state index in [2.05, 4.69) is 6.07 Å². The summed E-state index contributed by atoms with van der Waals surface area (Å²) in [5.41, 5.74) is 0. The Morgan fingerprint density at radius 3 is 1.06 bits per heavy atom. The van der Waals surface area contributed by atoms with E-state index in [0.29, 0.717) is 0 Å². The first-order valence-electron chi connectivity index (χ1n) is 5.24. The molecule has 3 aromatic carbocycles. The van der Waals surface area contributed by atoms with Gasteiger partial charge in [-0.3, -0.25) is 0 Å². The van der Waals surface area contributed by atoms with E-state index in [1.54, 1.807) is 0 Å². The number of hydrogen-bond donors (Lipinski definition) is 0. The van der Waals surface area contributed by atoms with Gasteiger partial charge < -0.3 is 0 Å². The normalized spacial score (nSPS) is 7.53. The Balaban J connectivity index is 0.000000221. The minimum absolute atomic E-state index is 0. The molecule has 0 aliphatic heterocycles. The van der Waals surface area contributed by atoms with Gasteiger partial charge in [0, 0.05) is 0 Å². The van der Waals surface area contributed by atoms with Gasteiger partial charge in [-0.1, -0.05) is 0 Å². The molecule has 0 spiro atoms. The average molecular weight is 255 g/mol. The van der Waals surface area contributed by atoms with E-state index in [1.807, 2.05) is 91.0 Å². The fourth-order valence-electron chi connectivity index (χ4n) is 0.983. The summed E-state index contributed by atoms with van der Waals surface area (Å²) < 4.78 is 0. The Morgan fingerprint density at radius 2 is 0.941 bits per heavy atom. The van der Waals surface area contributed by atoms with E-state index in [0.717, 1.165) is 0 Å². The number of hydrogen-bond acceptors (Lipinski definition) is 0. The van der Waals surface area contributed by atoms with Gasteiger partial charge in [0.2, 0.25) is 0 Å². The Bertz CT molecular complexity index is 297. The molecule has 0 heterocycles. The van der Waals surface area contributed by atoms with Crippen molar-refractivity contribution in [1.29, 1.82) is 0 Å². The predicted octanol–water partition coefficient (Wildman–Crippen LogP) is 4.30. The van der Waals surface area contributed by atoms with Crippen LogP contribution in [0.4, 0.5) is 0 Å². The van der Waals surface area contributed by atoms with Crippen LogP contribution < -0.4 is 0 Å². The Kier molecular flexibility index (Phi) is 11.7. The maximum Gasteiger partial charge on any atom is 3.00 e. The van der Waals surface area contributed by atoms with Crippen LogP contribution in [-0.4, -0.2) is 0 Å². The molecule has 3 rings (SSSR count). The average Bonchev–Trinajstić information content (AvgIpc) is 3.10. The van der Waals surface area contributed by atoms with Crippen LogP contribution in [0.3, 0.4) is 0 Å². The van der Waals surface area contributed by atoms with Gasteiger partial charge >= 0.3 is 21.7 Å². The van der Waals surface area contributed by atoms with Gasteiger partial charge in [0.1, 0.15) is 0 Å². The van der Waals surface area contributed by atoms with Gasteiger partial charge in [-0.25, -0.2) is 24.3 Å². The molecule has 0 atom stereocenters. The molecule has 17 heavy (non-hydrogen) atoms. The number of rotatable bonds is 0. The largest absolute Gasteiger partial charge is 3.00 e. The summed E-state index contributed by atoms with van der Waals surface area (Å²) in [7, 11) is 0. The van der Waals surface area contributed by atoms with E-state index >= 15 is 0 Å². The van der Waals surface area contributed by atoms with E-state index in [1.165, 1.54) is 0 Å². The molecule has 0 aliphatic rings. The molecular formula is C16H15Ti. The molecule has 1 radical (unpaired) electrons. The molecule has 0 aromatic heterocycles. The zero-order chi connectivity index (χ0) is 11.3. The maximum atomic E-state index is 2.89. The third-order valence-electron chi connectivity index (χ3n) is 1.72. The van der Waals surface area contributed by atoms with Crippen LogP contribution in [0, 0.1) is 6.07 Å². The fourth-order valence-corrected chi connectivity index (χ4v) is 0.983. The van der Waals surface area contributed by atoms with Crippen LogP contribution in [0.15, 0.2) is 91.0 Å². The first-order valence-corrected chi connectivity index (χ1v) is 5.24. The molecule has 0 amide bonds. The van der Waals surface area contributed by atoms with Crippen molar-refractivity contribution in [2.45, 2.75) is 0 Å². The van der Waals surface area contributed by atoms with Gasteiger partial charge in [0.25, 0.3) is 0 Å². The molecule has 0 fully saturated rings. The quantitative estimate of drug-likeness (QED) is 0.415. The predicted molar refractivity (Wildman–Crippen MR) is 69.3 cm³/mol. The minimum atomic E-state index is 0. The van der Waals surface area contributed by atoms with E-state index in [9.17, 15) is 0 Å². The van der Waals surface area contributed by atoms with E-state index < -0.39 is 0 Å². The van der Waals surface area contributed by atoms with Crippen LogP contribution in [0.5, 0.6) is 0 Å². The number of benzene rings is 1. The summed E-state index contributed by atoms with van der Waals surface area (Å²) in [5, 5.41) is 0. The standard InChI is InChI=1S/C6H5.2C5H5.Ti/c1-2-4-6-5-3-1;2*1-2-4-5-3-1;/h1-5H;2*1-5H;/q3*-1;+3. The van der Waals surface area contributed by atoms with Crippen LogP contribution >= 0.6 is 0 Å². The van der Waals surface area contributed by atoms with Crippen molar-refractivity contribution in [1.82, 2.24) is 0 Å². The smallest absolute Gasteiger partial charge is 0.214 e. The molecule has 1 heteroatoms. The summed E-state index contributed by atoms with van der Waals surface area (Å²) in [6, 6.07) is 32.5. The van der Waals surface area contributed by atoms with Gasteiger partial charge in [0.05, 0.1) is 0 Å². The van der Waals surface area contributed by atoms with Gasteiger partial charge in [-0.15, -0.1) is 0 Å². The fraction of sp³-hybridized carbons (Fsp3) is 0. The monoisotopic (exact) mass is 255 g/mol. The molecule has 0 saturated carbocycles. The van der Waals surface area contributed by atoms with Crippen molar-refractivity contribution in [3.8, 4) is 0 Å². The van der Waals surface area contributed by atoms with Crippen molar-refractivity contribution in [3.05, 3.63) is 97.1 Å². The Morgan fingerprint density at radius 1 is 0.529 bits per heavy atom. The second kappa shape index (κ2) is 12.7. The summed E-state index contributed by atoms with van der Waals surface area (Å²) in [6.45, 7) is 0. The summed E-state index contributed by atoms with van der Waals surface area (Å²) in [4.78, 5) is 0. The Labute approximate surface area is 119 Å². The van der Waals surface area contributed by atoms with Crippen LogP contribution in [0.25, 0.3) is 0 Å². The molecule has 0 unspecified atom stereocenters. The zero-order valence-corrected chi connectivity index (χ0v) is 11.2. The topological polar surface area (TPSA) is 0 Å².